The molecule has 0 aliphatic heterocycles. The molecule has 2 rings (SSSR count). The van der Waals surface area contributed by atoms with E-state index in [1.54, 1.807) is 4.90 Å². The molecule has 110 valence electrons. The molecule has 0 atom stereocenters. The molecule has 1 heterocycles. The van der Waals surface area contributed by atoms with Crippen LogP contribution in [0.25, 0.3) is 0 Å². The molecule has 0 aliphatic carbocycles. The number of hydrogen-bond donors (Lipinski definition) is 1. The fourth-order valence-corrected chi connectivity index (χ4v) is 2.86. The van der Waals surface area contributed by atoms with Crippen LogP contribution in [0.15, 0.2) is 41.1 Å². The zero-order valence-corrected chi connectivity index (χ0v) is 12.6. The molecule has 0 spiro atoms. The number of hydrogen-bond acceptors (Lipinski definition) is 3. The molecule has 0 fully saturated rings. The topological polar surface area (TPSA) is 57.6 Å². The number of carbonyl (C=O) groups excluding carboxylic acids is 1. The highest BCUT2D eigenvalue weighted by atomic mass is 32.1. The Morgan fingerprint density at radius 1 is 1.19 bits per heavy atom. The summed E-state index contributed by atoms with van der Waals surface area (Å²) in [7, 11) is 0. The van der Waals surface area contributed by atoms with Gasteiger partial charge in [0.15, 0.2) is 0 Å². The maximum atomic E-state index is 12.6. The molecule has 5 heteroatoms. The van der Waals surface area contributed by atoms with Gasteiger partial charge >= 0.3 is 5.97 Å². The van der Waals surface area contributed by atoms with E-state index in [2.05, 4.69) is 0 Å². The molecule has 4 nitrogen and oxygen atoms in total. The third-order valence-corrected chi connectivity index (χ3v) is 4.05. The summed E-state index contributed by atoms with van der Waals surface area (Å²) in [5, 5.41) is 12.6. The van der Waals surface area contributed by atoms with Crippen molar-refractivity contribution >= 4 is 23.2 Å². The highest BCUT2D eigenvalue weighted by Crippen LogP contribution is 2.18. The summed E-state index contributed by atoms with van der Waals surface area (Å²) in [4.78, 5) is 25.0. The second-order valence-corrected chi connectivity index (χ2v) is 5.57. The minimum absolute atomic E-state index is 0.0538. The van der Waals surface area contributed by atoms with E-state index < -0.39 is 5.97 Å². The van der Waals surface area contributed by atoms with Gasteiger partial charge in [0.1, 0.15) is 0 Å². The Balaban J connectivity index is 2.17. The Labute approximate surface area is 127 Å². The summed E-state index contributed by atoms with van der Waals surface area (Å²) >= 11 is 1.48. The van der Waals surface area contributed by atoms with Crippen molar-refractivity contribution in [3.63, 3.8) is 0 Å². The molecule has 21 heavy (non-hydrogen) atoms. The van der Waals surface area contributed by atoms with Gasteiger partial charge < -0.3 is 10.0 Å². The van der Waals surface area contributed by atoms with Crippen molar-refractivity contribution in [2.45, 2.75) is 19.9 Å². The van der Waals surface area contributed by atoms with Crippen molar-refractivity contribution < 1.29 is 14.7 Å². The van der Waals surface area contributed by atoms with Crippen molar-refractivity contribution in [1.29, 1.82) is 0 Å². The van der Waals surface area contributed by atoms with Crippen LogP contribution in [-0.4, -0.2) is 28.4 Å². The molecule has 2 aromatic rings. The molecule has 0 radical (unpaired) electrons. The summed E-state index contributed by atoms with van der Waals surface area (Å²) in [6, 6.07) is 9.59. The average molecular weight is 303 g/mol. The third kappa shape index (κ3) is 4.16. The molecule has 1 aromatic carbocycles. The largest absolute Gasteiger partial charge is 0.481 e. The number of carboxylic acids is 1. The molecular formula is C16H17NO3S. The first-order chi connectivity index (χ1) is 10.1. The predicted octanol–water partition coefficient (Wildman–Crippen LogP) is 3.17. The van der Waals surface area contributed by atoms with Crippen LogP contribution in [0.2, 0.25) is 0 Å². The number of aryl methyl sites for hydroxylation is 1. The van der Waals surface area contributed by atoms with Gasteiger partial charge in [-0.15, -0.1) is 0 Å². The fraction of sp³-hybridized carbons (Fsp3) is 0.250. The van der Waals surface area contributed by atoms with E-state index in [1.165, 1.54) is 11.3 Å². The monoisotopic (exact) mass is 303 g/mol. The van der Waals surface area contributed by atoms with Crippen LogP contribution in [0.3, 0.4) is 0 Å². The number of nitrogens with zero attached hydrogens (tertiary/aromatic N) is 1. The van der Waals surface area contributed by atoms with Crippen LogP contribution in [0.1, 0.15) is 27.9 Å². The Morgan fingerprint density at radius 3 is 2.48 bits per heavy atom. The number of carbonyl (C=O) groups is 2. The van der Waals surface area contributed by atoms with E-state index in [0.717, 1.165) is 11.1 Å². The molecule has 0 saturated heterocycles. The Morgan fingerprint density at radius 2 is 1.90 bits per heavy atom. The summed E-state index contributed by atoms with van der Waals surface area (Å²) < 4.78 is 0. The van der Waals surface area contributed by atoms with Crippen LogP contribution in [-0.2, 0) is 11.3 Å². The molecule has 1 amide bonds. The number of benzene rings is 1. The van der Waals surface area contributed by atoms with Gasteiger partial charge in [-0.1, -0.05) is 30.3 Å². The smallest absolute Gasteiger partial charge is 0.305 e. The summed E-state index contributed by atoms with van der Waals surface area (Å²) in [5.74, 6) is -1.01. The van der Waals surface area contributed by atoms with Crippen molar-refractivity contribution in [3.05, 3.63) is 57.8 Å². The highest BCUT2D eigenvalue weighted by Gasteiger charge is 2.19. The van der Waals surface area contributed by atoms with E-state index in [4.69, 9.17) is 5.11 Å². The van der Waals surface area contributed by atoms with Crippen molar-refractivity contribution in [2.24, 2.45) is 0 Å². The van der Waals surface area contributed by atoms with E-state index >= 15 is 0 Å². The number of aliphatic carboxylic acids is 1. The maximum absolute atomic E-state index is 12.6. The molecule has 1 N–H and O–H groups in total. The normalized spacial score (nSPS) is 10.3. The van der Waals surface area contributed by atoms with Crippen molar-refractivity contribution in [1.82, 2.24) is 4.90 Å². The van der Waals surface area contributed by atoms with E-state index in [0.29, 0.717) is 12.1 Å². The summed E-state index contributed by atoms with van der Waals surface area (Å²) in [5.41, 5.74) is 2.57. The average Bonchev–Trinajstić information content (AvgIpc) is 2.90. The second kappa shape index (κ2) is 7.04. The van der Waals surface area contributed by atoms with Crippen LogP contribution >= 0.6 is 11.3 Å². The first-order valence-corrected chi connectivity index (χ1v) is 7.60. The molecular weight excluding hydrogens is 286 g/mol. The van der Waals surface area contributed by atoms with E-state index in [9.17, 15) is 9.59 Å². The highest BCUT2D eigenvalue weighted by molar-refractivity contribution is 7.08. The molecule has 0 unspecified atom stereocenters. The Kier molecular flexibility index (Phi) is 5.11. The minimum atomic E-state index is -0.900. The zero-order valence-electron chi connectivity index (χ0n) is 11.8. The zero-order chi connectivity index (χ0) is 15.2. The SMILES string of the molecule is Cc1cscc1C(=O)N(CCC(=O)O)Cc1ccccc1. The quantitative estimate of drug-likeness (QED) is 0.891. The molecule has 1 aromatic heterocycles. The number of amides is 1. The predicted molar refractivity (Wildman–Crippen MR) is 82.5 cm³/mol. The molecule has 0 bridgehead atoms. The molecule has 0 saturated carbocycles. The van der Waals surface area contributed by atoms with Crippen molar-refractivity contribution in [3.8, 4) is 0 Å². The summed E-state index contributed by atoms with van der Waals surface area (Å²) in [6.07, 6.45) is -0.0538. The van der Waals surface area contributed by atoms with Crippen LogP contribution in [0.4, 0.5) is 0 Å². The minimum Gasteiger partial charge on any atom is -0.481 e. The maximum Gasteiger partial charge on any atom is 0.305 e. The lowest BCUT2D eigenvalue weighted by Crippen LogP contribution is -2.32. The van der Waals surface area contributed by atoms with E-state index in [-0.39, 0.29) is 18.9 Å². The molecule has 0 aliphatic rings. The Bertz CT molecular complexity index is 621. The van der Waals surface area contributed by atoms with Gasteiger partial charge in [0.05, 0.1) is 12.0 Å². The lowest BCUT2D eigenvalue weighted by atomic mass is 10.1. The number of rotatable bonds is 6. The van der Waals surface area contributed by atoms with Gasteiger partial charge in [-0.05, 0) is 23.4 Å². The van der Waals surface area contributed by atoms with Gasteiger partial charge in [0.2, 0.25) is 0 Å². The van der Waals surface area contributed by atoms with Gasteiger partial charge in [0.25, 0.3) is 5.91 Å². The van der Waals surface area contributed by atoms with Crippen molar-refractivity contribution in [2.75, 3.05) is 6.54 Å². The standard InChI is InChI=1S/C16H17NO3S/c1-12-10-21-11-14(12)16(20)17(8-7-15(18)19)9-13-5-3-2-4-6-13/h2-6,10-11H,7-9H2,1H3,(H,18,19). The first kappa shape index (κ1) is 15.3. The van der Waals surface area contributed by atoms with E-state index in [1.807, 2.05) is 48.0 Å². The number of thiophene rings is 1. The van der Waals surface area contributed by atoms with Crippen LogP contribution in [0, 0.1) is 6.92 Å². The fourth-order valence-electron chi connectivity index (χ4n) is 2.04. The van der Waals surface area contributed by atoms with Gasteiger partial charge in [-0.3, -0.25) is 9.59 Å². The summed E-state index contributed by atoms with van der Waals surface area (Å²) in [6.45, 7) is 2.52. The third-order valence-electron chi connectivity index (χ3n) is 3.19. The van der Waals surface area contributed by atoms with Crippen LogP contribution < -0.4 is 0 Å². The lowest BCUT2D eigenvalue weighted by Gasteiger charge is -2.22. The van der Waals surface area contributed by atoms with Gasteiger partial charge in [-0.2, -0.15) is 11.3 Å². The Hall–Kier alpha value is -2.14. The lowest BCUT2D eigenvalue weighted by molar-refractivity contribution is -0.137. The van der Waals surface area contributed by atoms with Gasteiger partial charge in [0, 0.05) is 18.5 Å². The first-order valence-electron chi connectivity index (χ1n) is 6.65. The number of carboxylic acid groups (broad SMARTS) is 1. The second-order valence-electron chi connectivity index (χ2n) is 4.82. The van der Waals surface area contributed by atoms with Crippen LogP contribution in [0.5, 0.6) is 0 Å². The van der Waals surface area contributed by atoms with Gasteiger partial charge in [-0.25, -0.2) is 0 Å².